The Morgan fingerprint density at radius 1 is 1.18 bits per heavy atom. The fraction of sp³-hybridized carbons (Fsp3) is 0.375. The quantitative estimate of drug-likeness (QED) is 0.862. The number of hydrogen-bond donors (Lipinski definition) is 1. The normalized spacial score (nSPS) is 16.0. The SMILES string of the molecule is CC(=O)c1ccc(C(=O)N2CC[NH+](Cc3ccsc3)CC2)s1. The number of amides is 1. The summed E-state index contributed by atoms with van der Waals surface area (Å²) in [6.07, 6.45) is 0. The molecule has 0 radical (unpaired) electrons. The molecule has 0 atom stereocenters. The Bertz CT molecular complexity index is 656. The summed E-state index contributed by atoms with van der Waals surface area (Å²) in [5.74, 6) is 0.0844. The van der Waals surface area contributed by atoms with E-state index in [1.165, 1.54) is 28.7 Å². The van der Waals surface area contributed by atoms with E-state index in [4.69, 9.17) is 0 Å². The van der Waals surface area contributed by atoms with Crippen LogP contribution in [0.3, 0.4) is 0 Å². The second-order valence-electron chi connectivity index (χ2n) is 5.57. The van der Waals surface area contributed by atoms with E-state index in [0.717, 1.165) is 32.7 Å². The summed E-state index contributed by atoms with van der Waals surface area (Å²) in [7, 11) is 0. The van der Waals surface area contributed by atoms with Crippen molar-refractivity contribution in [1.82, 2.24) is 4.90 Å². The molecule has 6 heteroatoms. The molecule has 1 fully saturated rings. The van der Waals surface area contributed by atoms with Crippen molar-refractivity contribution in [2.75, 3.05) is 26.2 Å². The van der Waals surface area contributed by atoms with Gasteiger partial charge in [0.25, 0.3) is 5.91 Å². The molecule has 1 amide bonds. The number of carbonyl (C=O) groups is 2. The molecule has 1 saturated heterocycles. The first-order valence-corrected chi connectivity index (χ1v) is 9.14. The van der Waals surface area contributed by atoms with Gasteiger partial charge in [-0.05, 0) is 35.9 Å². The molecule has 0 saturated carbocycles. The smallest absolute Gasteiger partial charge is 0.264 e. The van der Waals surface area contributed by atoms with E-state index in [1.54, 1.807) is 23.5 Å². The third-order valence-electron chi connectivity index (χ3n) is 3.96. The van der Waals surface area contributed by atoms with E-state index in [2.05, 4.69) is 16.8 Å². The first-order valence-electron chi connectivity index (χ1n) is 7.38. The van der Waals surface area contributed by atoms with E-state index in [0.29, 0.717) is 9.75 Å². The number of hydrogen-bond acceptors (Lipinski definition) is 4. The highest BCUT2D eigenvalue weighted by molar-refractivity contribution is 7.15. The molecule has 2 aromatic heterocycles. The molecule has 0 aromatic carbocycles. The van der Waals surface area contributed by atoms with Gasteiger partial charge in [-0.2, -0.15) is 11.3 Å². The van der Waals surface area contributed by atoms with Crippen molar-refractivity contribution in [1.29, 1.82) is 0 Å². The van der Waals surface area contributed by atoms with Crippen molar-refractivity contribution in [3.8, 4) is 0 Å². The van der Waals surface area contributed by atoms with Crippen LogP contribution in [0.1, 0.15) is 31.8 Å². The van der Waals surface area contributed by atoms with Gasteiger partial charge in [-0.1, -0.05) is 0 Å². The predicted molar refractivity (Wildman–Crippen MR) is 88.9 cm³/mol. The van der Waals surface area contributed by atoms with Crippen molar-refractivity contribution in [2.45, 2.75) is 13.5 Å². The summed E-state index contributed by atoms with van der Waals surface area (Å²) in [6.45, 7) is 6.10. The van der Waals surface area contributed by atoms with Gasteiger partial charge < -0.3 is 9.80 Å². The minimum absolute atomic E-state index is 0.0223. The van der Waals surface area contributed by atoms with E-state index in [-0.39, 0.29) is 11.7 Å². The third-order valence-corrected chi connectivity index (χ3v) is 5.86. The van der Waals surface area contributed by atoms with Crippen molar-refractivity contribution >= 4 is 34.4 Å². The van der Waals surface area contributed by atoms with Gasteiger partial charge >= 0.3 is 0 Å². The Hall–Kier alpha value is -1.50. The van der Waals surface area contributed by atoms with E-state index < -0.39 is 0 Å². The lowest BCUT2D eigenvalue weighted by molar-refractivity contribution is -0.917. The number of rotatable bonds is 4. The molecule has 0 bridgehead atoms. The van der Waals surface area contributed by atoms with Crippen molar-refractivity contribution in [3.63, 3.8) is 0 Å². The van der Waals surface area contributed by atoms with Crippen LogP contribution >= 0.6 is 22.7 Å². The lowest BCUT2D eigenvalue weighted by Crippen LogP contribution is -3.13. The monoisotopic (exact) mass is 335 g/mol. The van der Waals surface area contributed by atoms with E-state index in [1.807, 2.05) is 4.90 Å². The lowest BCUT2D eigenvalue weighted by Gasteiger charge is -2.31. The van der Waals surface area contributed by atoms with Gasteiger partial charge in [0, 0.05) is 5.56 Å². The van der Waals surface area contributed by atoms with Crippen LogP contribution in [0.4, 0.5) is 0 Å². The Morgan fingerprint density at radius 2 is 1.91 bits per heavy atom. The summed E-state index contributed by atoms with van der Waals surface area (Å²) in [5.41, 5.74) is 1.38. The molecule has 116 valence electrons. The molecule has 3 heterocycles. The number of nitrogens with zero attached hydrogens (tertiary/aromatic N) is 1. The summed E-state index contributed by atoms with van der Waals surface area (Å²) in [5, 5.41) is 4.30. The number of carbonyl (C=O) groups excluding carboxylic acids is 2. The van der Waals surface area contributed by atoms with Crippen LogP contribution in [0.2, 0.25) is 0 Å². The maximum Gasteiger partial charge on any atom is 0.264 e. The van der Waals surface area contributed by atoms with Gasteiger partial charge in [0.1, 0.15) is 6.54 Å². The molecule has 1 aliphatic rings. The highest BCUT2D eigenvalue weighted by atomic mass is 32.1. The molecule has 3 rings (SSSR count). The second-order valence-corrected chi connectivity index (χ2v) is 7.43. The Kier molecular flexibility index (Phi) is 4.71. The highest BCUT2D eigenvalue weighted by Crippen LogP contribution is 2.19. The van der Waals surface area contributed by atoms with Crippen LogP contribution in [-0.4, -0.2) is 42.8 Å². The van der Waals surface area contributed by atoms with E-state index in [9.17, 15) is 9.59 Å². The first-order chi connectivity index (χ1) is 10.6. The van der Waals surface area contributed by atoms with Gasteiger partial charge in [-0.15, -0.1) is 11.3 Å². The van der Waals surface area contributed by atoms with Gasteiger partial charge in [0.2, 0.25) is 0 Å². The Balaban J connectivity index is 1.56. The van der Waals surface area contributed by atoms with Crippen LogP contribution in [0, 0.1) is 0 Å². The van der Waals surface area contributed by atoms with Crippen LogP contribution in [0.25, 0.3) is 0 Å². The molecule has 0 unspecified atom stereocenters. The summed E-state index contributed by atoms with van der Waals surface area (Å²) in [4.78, 5) is 28.6. The number of ketones is 1. The molecule has 1 aliphatic heterocycles. The molecule has 2 aromatic rings. The van der Waals surface area contributed by atoms with Crippen molar-refractivity contribution in [3.05, 3.63) is 44.3 Å². The highest BCUT2D eigenvalue weighted by Gasteiger charge is 2.25. The molecule has 0 aliphatic carbocycles. The van der Waals surface area contributed by atoms with Crippen LogP contribution in [0.15, 0.2) is 29.0 Å². The minimum Gasteiger partial charge on any atom is -0.328 e. The van der Waals surface area contributed by atoms with Crippen molar-refractivity contribution < 1.29 is 14.5 Å². The zero-order valence-electron chi connectivity index (χ0n) is 12.5. The molecule has 4 nitrogen and oxygen atoms in total. The topological polar surface area (TPSA) is 41.8 Å². The summed E-state index contributed by atoms with van der Waals surface area (Å²) < 4.78 is 0. The number of piperazine rings is 1. The van der Waals surface area contributed by atoms with Crippen LogP contribution in [-0.2, 0) is 6.54 Å². The maximum atomic E-state index is 12.5. The fourth-order valence-electron chi connectivity index (χ4n) is 2.68. The standard InChI is InChI=1S/C16H18N2O2S2/c1-12(19)14-2-3-15(22-14)16(20)18-7-5-17(6-8-18)10-13-4-9-21-11-13/h2-4,9,11H,5-8,10H2,1H3/p+1. The summed E-state index contributed by atoms with van der Waals surface area (Å²) in [6, 6.07) is 5.69. The van der Waals surface area contributed by atoms with Crippen molar-refractivity contribution in [2.24, 2.45) is 0 Å². The summed E-state index contributed by atoms with van der Waals surface area (Å²) >= 11 is 3.03. The average molecular weight is 335 g/mol. The average Bonchev–Trinajstić information content (AvgIpc) is 3.18. The molecular formula is C16H19N2O2S2+. The third kappa shape index (κ3) is 3.45. The number of nitrogens with one attached hydrogen (secondary N) is 1. The Morgan fingerprint density at radius 3 is 2.50 bits per heavy atom. The number of Topliss-reactive ketones (excluding diaryl/α,β-unsaturated/α-hetero) is 1. The molecular weight excluding hydrogens is 316 g/mol. The minimum atomic E-state index is 0.0223. The van der Waals surface area contributed by atoms with Gasteiger partial charge in [0.05, 0.1) is 35.9 Å². The fourth-order valence-corrected chi connectivity index (χ4v) is 4.22. The largest absolute Gasteiger partial charge is 0.328 e. The molecule has 0 spiro atoms. The van der Waals surface area contributed by atoms with Crippen LogP contribution < -0.4 is 4.90 Å². The molecule has 1 N–H and O–H groups in total. The number of quaternary nitrogens is 1. The van der Waals surface area contributed by atoms with Crippen LogP contribution in [0.5, 0.6) is 0 Å². The lowest BCUT2D eigenvalue weighted by atomic mass is 10.2. The molecule has 22 heavy (non-hydrogen) atoms. The number of thiophene rings is 2. The van der Waals surface area contributed by atoms with E-state index >= 15 is 0 Å². The van der Waals surface area contributed by atoms with Gasteiger partial charge in [-0.3, -0.25) is 9.59 Å². The van der Waals surface area contributed by atoms with Gasteiger partial charge in [0.15, 0.2) is 5.78 Å². The first kappa shape index (κ1) is 15.4. The zero-order chi connectivity index (χ0) is 15.5. The maximum absolute atomic E-state index is 12.5. The second kappa shape index (κ2) is 6.73. The van der Waals surface area contributed by atoms with Gasteiger partial charge in [-0.25, -0.2) is 0 Å². The zero-order valence-corrected chi connectivity index (χ0v) is 14.1. The predicted octanol–water partition coefficient (Wildman–Crippen LogP) is 1.55. The Labute approximate surface area is 138 Å².